The van der Waals surface area contributed by atoms with Crippen molar-refractivity contribution >= 4 is 5.71 Å². The Kier molecular flexibility index (Phi) is 2.08. The molecule has 2 aliphatic rings. The molecule has 1 saturated carbocycles. The van der Waals surface area contributed by atoms with Gasteiger partial charge >= 0.3 is 0 Å². The predicted molar refractivity (Wildman–Crippen MR) is 51.9 cm³/mol. The Morgan fingerprint density at radius 2 is 2.29 bits per heavy atom. The molecule has 2 rings (SSSR count). The fraction of sp³-hybridized carbons (Fsp3) is 0.900. The van der Waals surface area contributed by atoms with Crippen LogP contribution in [-0.4, -0.2) is 34.7 Å². The number of aliphatic hydroxyl groups excluding tert-OH is 1. The molecule has 1 aliphatic carbocycles. The molecule has 0 amide bonds. The average Bonchev–Trinajstić information content (AvgIpc) is 2.45. The summed E-state index contributed by atoms with van der Waals surface area (Å²) in [6.07, 6.45) is 1.41. The highest BCUT2D eigenvalue weighted by Crippen LogP contribution is 2.46. The van der Waals surface area contributed by atoms with E-state index >= 15 is 0 Å². The van der Waals surface area contributed by atoms with Crippen molar-refractivity contribution in [3.05, 3.63) is 0 Å². The summed E-state index contributed by atoms with van der Waals surface area (Å²) in [5.74, 6) is -0.176. The van der Waals surface area contributed by atoms with Crippen molar-refractivity contribution in [3.63, 3.8) is 0 Å². The van der Waals surface area contributed by atoms with Gasteiger partial charge in [0.1, 0.15) is 6.61 Å². The predicted octanol–water partition coefficient (Wildman–Crippen LogP) is 0.532. The van der Waals surface area contributed by atoms with E-state index in [4.69, 9.17) is 4.84 Å². The minimum absolute atomic E-state index is 0.0219. The Bertz CT molecular complexity index is 275. The van der Waals surface area contributed by atoms with E-state index in [1.54, 1.807) is 6.92 Å². The van der Waals surface area contributed by atoms with Gasteiger partial charge in [0.05, 0.1) is 16.7 Å². The zero-order valence-electron chi connectivity index (χ0n) is 8.66. The Balaban J connectivity index is 2.35. The van der Waals surface area contributed by atoms with Crippen LogP contribution in [0, 0.1) is 11.3 Å². The Hall–Kier alpha value is -0.610. The number of rotatable bonds is 1. The molecule has 14 heavy (non-hydrogen) atoms. The minimum atomic E-state index is -0.809. The van der Waals surface area contributed by atoms with Crippen LogP contribution in [0.4, 0.5) is 0 Å². The lowest BCUT2D eigenvalue weighted by molar-refractivity contribution is -0.0848. The first kappa shape index (κ1) is 9.93. The summed E-state index contributed by atoms with van der Waals surface area (Å²) in [5, 5.41) is 23.5. The van der Waals surface area contributed by atoms with Crippen molar-refractivity contribution in [2.24, 2.45) is 16.5 Å². The molecule has 4 nitrogen and oxygen atoms in total. The van der Waals surface area contributed by atoms with E-state index < -0.39 is 5.60 Å². The largest absolute Gasteiger partial charge is 0.396 e. The van der Waals surface area contributed by atoms with Crippen LogP contribution in [0.15, 0.2) is 5.16 Å². The molecule has 0 aromatic carbocycles. The first-order valence-corrected chi connectivity index (χ1v) is 5.03. The second-order valence-corrected chi connectivity index (χ2v) is 4.82. The highest BCUT2D eigenvalue weighted by Gasteiger charge is 2.54. The fourth-order valence-electron chi connectivity index (χ4n) is 2.69. The van der Waals surface area contributed by atoms with Crippen molar-refractivity contribution in [2.45, 2.75) is 32.3 Å². The smallest absolute Gasteiger partial charge is 0.128 e. The van der Waals surface area contributed by atoms with Gasteiger partial charge in [-0.2, -0.15) is 0 Å². The lowest BCUT2D eigenvalue weighted by Crippen LogP contribution is -2.54. The van der Waals surface area contributed by atoms with Crippen LogP contribution in [0.5, 0.6) is 0 Å². The van der Waals surface area contributed by atoms with Gasteiger partial charge in [-0.1, -0.05) is 12.1 Å². The molecular formula is C10H17NO3. The van der Waals surface area contributed by atoms with E-state index in [1.165, 1.54) is 0 Å². The van der Waals surface area contributed by atoms with Crippen molar-refractivity contribution in [1.82, 2.24) is 0 Å². The van der Waals surface area contributed by atoms with Crippen LogP contribution in [0.25, 0.3) is 0 Å². The van der Waals surface area contributed by atoms with Gasteiger partial charge in [-0.05, 0) is 19.8 Å². The fourth-order valence-corrected chi connectivity index (χ4v) is 2.69. The van der Waals surface area contributed by atoms with Gasteiger partial charge in [0.2, 0.25) is 0 Å². The normalized spacial score (nSPS) is 46.9. The SMILES string of the molecule is C[C@]1(O)CCC2=NOC[C@@]2(C)[C@@H]1CO. The molecule has 1 heterocycles. The van der Waals surface area contributed by atoms with Crippen LogP contribution in [0.3, 0.4) is 0 Å². The van der Waals surface area contributed by atoms with Crippen molar-refractivity contribution in [3.8, 4) is 0 Å². The number of hydrogen-bond acceptors (Lipinski definition) is 4. The zero-order chi connectivity index (χ0) is 10.4. The molecule has 4 heteroatoms. The summed E-state index contributed by atoms with van der Waals surface area (Å²) in [6.45, 7) is 4.25. The molecule has 0 spiro atoms. The third-order valence-corrected chi connectivity index (χ3v) is 3.77. The van der Waals surface area contributed by atoms with E-state index in [9.17, 15) is 10.2 Å². The quantitative estimate of drug-likeness (QED) is 0.647. The third-order valence-electron chi connectivity index (χ3n) is 3.77. The van der Waals surface area contributed by atoms with Crippen LogP contribution in [0.2, 0.25) is 0 Å². The zero-order valence-corrected chi connectivity index (χ0v) is 8.66. The first-order chi connectivity index (χ1) is 6.50. The second-order valence-electron chi connectivity index (χ2n) is 4.82. The molecule has 1 fully saturated rings. The summed E-state index contributed by atoms with van der Waals surface area (Å²) in [7, 11) is 0. The van der Waals surface area contributed by atoms with Gasteiger partial charge < -0.3 is 15.1 Å². The van der Waals surface area contributed by atoms with Gasteiger partial charge in [0, 0.05) is 12.5 Å². The number of nitrogens with zero attached hydrogens (tertiary/aromatic N) is 1. The lowest BCUT2D eigenvalue weighted by atomic mass is 9.61. The van der Waals surface area contributed by atoms with E-state index in [2.05, 4.69) is 5.16 Å². The van der Waals surface area contributed by atoms with Gasteiger partial charge in [0.25, 0.3) is 0 Å². The van der Waals surface area contributed by atoms with E-state index in [1.807, 2.05) is 6.92 Å². The molecule has 0 aromatic heterocycles. The lowest BCUT2D eigenvalue weighted by Gasteiger charge is -2.45. The summed E-state index contributed by atoms with van der Waals surface area (Å²) >= 11 is 0. The molecule has 0 unspecified atom stereocenters. The number of oxime groups is 1. The second kappa shape index (κ2) is 2.94. The third kappa shape index (κ3) is 1.17. The molecule has 1 aliphatic heterocycles. The molecule has 0 bridgehead atoms. The summed E-state index contributed by atoms with van der Waals surface area (Å²) in [6, 6.07) is 0. The molecule has 0 saturated heterocycles. The van der Waals surface area contributed by atoms with Gasteiger partial charge in [-0.25, -0.2) is 0 Å². The summed E-state index contributed by atoms with van der Waals surface area (Å²) < 4.78 is 0. The maximum absolute atomic E-state index is 10.2. The van der Waals surface area contributed by atoms with Crippen molar-refractivity contribution in [1.29, 1.82) is 0 Å². The van der Waals surface area contributed by atoms with Crippen molar-refractivity contribution in [2.75, 3.05) is 13.2 Å². The van der Waals surface area contributed by atoms with Crippen LogP contribution < -0.4 is 0 Å². The van der Waals surface area contributed by atoms with Gasteiger partial charge in [-0.15, -0.1) is 0 Å². The summed E-state index contributed by atoms with van der Waals surface area (Å²) in [5.41, 5.74) is -0.102. The molecule has 0 radical (unpaired) electrons. The van der Waals surface area contributed by atoms with Crippen LogP contribution >= 0.6 is 0 Å². The number of fused-ring (bicyclic) bond motifs is 1. The van der Waals surface area contributed by atoms with Crippen LogP contribution in [0.1, 0.15) is 26.7 Å². The highest BCUT2D eigenvalue weighted by atomic mass is 16.6. The van der Waals surface area contributed by atoms with Gasteiger partial charge in [0.15, 0.2) is 0 Å². The van der Waals surface area contributed by atoms with E-state index in [-0.39, 0.29) is 17.9 Å². The first-order valence-electron chi connectivity index (χ1n) is 5.03. The number of hydrogen-bond donors (Lipinski definition) is 2. The molecule has 80 valence electrons. The van der Waals surface area contributed by atoms with E-state index in [0.29, 0.717) is 13.0 Å². The minimum Gasteiger partial charge on any atom is -0.396 e. The van der Waals surface area contributed by atoms with Gasteiger partial charge in [-0.3, -0.25) is 0 Å². The average molecular weight is 199 g/mol. The van der Waals surface area contributed by atoms with Crippen molar-refractivity contribution < 1.29 is 15.1 Å². The summed E-state index contributed by atoms with van der Waals surface area (Å²) in [4.78, 5) is 5.09. The maximum atomic E-state index is 10.2. The molecule has 2 N–H and O–H groups in total. The number of aliphatic hydroxyl groups is 2. The van der Waals surface area contributed by atoms with Crippen LogP contribution in [-0.2, 0) is 4.84 Å². The standard InChI is InChI=1S/C10H17NO3/c1-9-6-14-11-8(9)3-4-10(2,13)7(9)5-12/h7,12-13H,3-6H2,1-2H3/t7-,9-,10-/m0/s1. The monoisotopic (exact) mass is 199 g/mol. The van der Waals surface area contributed by atoms with E-state index in [0.717, 1.165) is 12.1 Å². The Morgan fingerprint density at radius 1 is 1.57 bits per heavy atom. The molecule has 3 atom stereocenters. The molecule has 0 aromatic rings. The Morgan fingerprint density at radius 3 is 2.93 bits per heavy atom. The molecular weight excluding hydrogens is 182 g/mol. The topological polar surface area (TPSA) is 62.1 Å². The maximum Gasteiger partial charge on any atom is 0.128 e. The Labute approximate surface area is 83.6 Å². The highest BCUT2D eigenvalue weighted by molar-refractivity contribution is 5.92.